The Morgan fingerprint density at radius 2 is 1.91 bits per heavy atom. The summed E-state index contributed by atoms with van der Waals surface area (Å²) in [7, 11) is 1.65. The Labute approximate surface area is 190 Å². The molecular formula is C26H34N4O2. The minimum Gasteiger partial charge on any atom is -0.495 e. The van der Waals surface area contributed by atoms with E-state index in [1.165, 1.54) is 50.9 Å². The molecule has 4 rings (SSSR count). The molecule has 3 N–H and O–H groups in total. The average molecular weight is 435 g/mol. The number of fused-ring (bicyclic) bond motifs is 1. The maximum Gasteiger partial charge on any atom is 0.193 e. The Balaban J connectivity index is 1.43. The summed E-state index contributed by atoms with van der Waals surface area (Å²) in [5.74, 6) is 1.43. The van der Waals surface area contributed by atoms with Gasteiger partial charge < -0.3 is 24.7 Å². The van der Waals surface area contributed by atoms with Crippen LogP contribution < -0.4 is 15.4 Å². The summed E-state index contributed by atoms with van der Waals surface area (Å²) < 4.78 is 11.6. The first kappa shape index (κ1) is 22.2. The number of hydrogen-bond acceptors (Lipinski definition) is 4. The maximum absolute atomic E-state index is 8.19. The lowest BCUT2D eigenvalue weighted by molar-refractivity contribution is 0.328. The van der Waals surface area contributed by atoms with E-state index < -0.39 is 0 Å². The molecule has 0 unspecified atom stereocenters. The van der Waals surface area contributed by atoms with Gasteiger partial charge in [0, 0.05) is 5.39 Å². The lowest BCUT2D eigenvalue weighted by Gasteiger charge is -2.24. The van der Waals surface area contributed by atoms with Crippen molar-refractivity contribution in [3.63, 3.8) is 0 Å². The number of likely N-dealkylation sites (tertiary alicyclic amines) is 1. The van der Waals surface area contributed by atoms with Crippen LogP contribution in [0.25, 0.3) is 11.0 Å². The van der Waals surface area contributed by atoms with Crippen molar-refractivity contribution in [2.24, 2.45) is 5.73 Å². The van der Waals surface area contributed by atoms with Gasteiger partial charge >= 0.3 is 0 Å². The van der Waals surface area contributed by atoms with Gasteiger partial charge in [0.2, 0.25) is 0 Å². The van der Waals surface area contributed by atoms with E-state index in [9.17, 15) is 0 Å². The zero-order valence-electron chi connectivity index (χ0n) is 19.0. The van der Waals surface area contributed by atoms with E-state index in [0.29, 0.717) is 12.3 Å². The smallest absolute Gasteiger partial charge is 0.193 e. The molecule has 1 saturated heterocycles. The maximum atomic E-state index is 8.19. The van der Waals surface area contributed by atoms with Gasteiger partial charge in [0.1, 0.15) is 17.1 Å². The number of ether oxygens (including phenoxy) is 1. The van der Waals surface area contributed by atoms with Crippen molar-refractivity contribution < 1.29 is 9.15 Å². The van der Waals surface area contributed by atoms with E-state index >= 15 is 0 Å². The van der Waals surface area contributed by atoms with Crippen LogP contribution in [0.4, 0.5) is 5.69 Å². The first-order valence-electron chi connectivity index (χ1n) is 11.6. The van der Waals surface area contributed by atoms with E-state index in [0.717, 1.165) is 35.3 Å². The fourth-order valence-electron chi connectivity index (χ4n) is 4.52. The number of nitrogens with zero attached hydrogens (tertiary/aromatic N) is 2. The predicted octanol–water partition coefficient (Wildman–Crippen LogP) is 5.15. The molecule has 32 heavy (non-hydrogen) atoms. The molecule has 170 valence electrons. The highest BCUT2D eigenvalue weighted by molar-refractivity contribution is 5.94. The van der Waals surface area contributed by atoms with Crippen LogP contribution in [0.5, 0.6) is 5.75 Å². The lowest BCUT2D eigenvalue weighted by atomic mass is 10.1. The fourth-order valence-corrected chi connectivity index (χ4v) is 4.52. The van der Waals surface area contributed by atoms with Crippen LogP contribution >= 0.6 is 0 Å². The second-order valence-electron chi connectivity index (χ2n) is 8.59. The number of rotatable bonds is 10. The van der Waals surface area contributed by atoms with Crippen LogP contribution in [0, 0.1) is 5.41 Å². The van der Waals surface area contributed by atoms with Crippen LogP contribution in [-0.4, -0.2) is 37.6 Å². The summed E-state index contributed by atoms with van der Waals surface area (Å²) in [5, 5.41) is 9.23. The van der Waals surface area contributed by atoms with E-state index in [-0.39, 0.29) is 5.96 Å². The largest absolute Gasteiger partial charge is 0.495 e. The van der Waals surface area contributed by atoms with Gasteiger partial charge in [-0.3, -0.25) is 5.41 Å². The third-order valence-electron chi connectivity index (χ3n) is 6.25. The third-order valence-corrected chi connectivity index (χ3v) is 6.25. The van der Waals surface area contributed by atoms with E-state index in [1.54, 1.807) is 12.0 Å². The molecule has 3 aromatic rings. The third kappa shape index (κ3) is 5.43. The Bertz CT molecular complexity index is 1010. The molecule has 1 fully saturated rings. The number of para-hydroxylation sites is 1. The molecule has 0 spiro atoms. The van der Waals surface area contributed by atoms with Gasteiger partial charge in [-0.1, -0.05) is 30.7 Å². The normalized spacial score (nSPS) is 14.2. The molecule has 0 saturated carbocycles. The molecule has 0 amide bonds. The zero-order valence-corrected chi connectivity index (χ0v) is 19.0. The van der Waals surface area contributed by atoms with E-state index in [1.807, 2.05) is 36.4 Å². The number of anilines is 1. The van der Waals surface area contributed by atoms with Crippen molar-refractivity contribution in [2.45, 2.75) is 45.1 Å². The minimum absolute atomic E-state index is 0.0356. The Morgan fingerprint density at radius 3 is 2.66 bits per heavy atom. The van der Waals surface area contributed by atoms with Crippen LogP contribution in [0.1, 0.15) is 43.4 Å². The van der Waals surface area contributed by atoms with Gasteiger partial charge in [0.15, 0.2) is 5.96 Å². The molecule has 1 aromatic heterocycles. The second-order valence-corrected chi connectivity index (χ2v) is 8.59. The number of unbranched alkanes of at least 4 members (excludes halogenated alkanes) is 2. The quantitative estimate of drug-likeness (QED) is 0.262. The van der Waals surface area contributed by atoms with Crippen molar-refractivity contribution in [1.29, 1.82) is 5.41 Å². The SMILES string of the molecule is COc1ccc(CCCCCN2CCCC2)cc1N(Cc1cc2ccccc2o1)C(=N)N. The molecule has 6 heteroatoms. The molecule has 0 radical (unpaired) electrons. The summed E-state index contributed by atoms with van der Waals surface area (Å²) in [5.41, 5.74) is 8.86. The van der Waals surface area contributed by atoms with Gasteiger partial charge in [-0.2, -0.15) is 0 Å². The van der Waals surface area contributed by atoms with Crippen LogP contribution in [0.2, 0.25) is 0 Å². The number of nitrogens with one attached hydrogen (secondary N) is 1. The lowest BCUT2D eigenvalue weighted by Crippen LogP contribution is -2.36. The van der Waals surface area contributed by atoms with Crippen LogP contribution in [0.3, 0.4) is 0 Å². The number of methoxy groups -OCH3 is 1. The average Bonchev–Trinajstić information content (AvgIpc) is 3.46. The van der Waals surface area contributed by atoms with Crippen LogP contribution in [0.15, 0.2) is 52.9 Å². The van der Waals surface area contributed by atoms with Gasteiger partial charge in [-0.05, 0) is 81.6 Å². The summed E-state index contributed by atoms with van der Waals surface area (Å²) in [6.07, 6.45) is 7.36. The molecule has 0 atom stereocenters. The fraction of sp³-hybridized carbons (Fsp3) is 0.423. The number of furan rings is 1. The van der Waals surface area contributed by atoms with Crippen molar-refractivity contribution in [3.05, 3.63) is 59.9 Å². The Kier molecular flexibility index (Phi) is 7.32. The van der Waals surface area contributed by atoms with Crippen molar-refractivity contribution >= 4 is 22.6 Å². The molecule has 1 aliphatic rings. The summed E-state index contributed by atoms with van der Waals surface area (Å²) in [6.45, 7) is 4.14. The van der Waals surface area contributed by atoms with Crippen molar-refractivity contribution in [1.82, 2.24) is 4.90 Å². The monoisotopic (exact) mass is 434 g/mol. The first-order chi connectivity index (χ1) is 15.6. The molecule has 6 nitrogen and oxygen atoms in total. The van der Waals surface area contributed by atoms with Gasteiger partial charge in [-0.15, -0.1) is 0 Å². The van der Waals surface area contributed by atoms with Gasteiger partial charge in [0.05, 0.1) is 19.3 Å². The van der Waals surface area contributed by atoms with Crippen LogP contribution in [-0.2, 0) is 13.0 Å². The molecular weight excluding hydrogens is 400 g/mol. The summed E-state index contributed by atoms with van der Waals surface area (Å²) >= 11 is 0. The highest BCUT2D eigenvalue weighted by Crippen LogP contribution is 2.32. The van der Waals surface area contributed by atoms with Crippen molar-refractivity contribution in [2.75, 3.05) is 31.6 Å². The highest BCUT2D eigenvalue weighted by atomic mass is 16.5. The zero-order chi connectivity index (χ0) is 22.3. The highest BCUT2D eigenvalue weighted by Gasteiger charge is 2.18. The first-order valence-corrected chi connectivity index (χ1v) is 11.6. The Hall–Kier alpha value is -2.99. The summed E-state index contributed by atoms with van der Waals surface area (Å²) in [4.78, 5) is 4.32. The van der Waals surface area contributed by atoms with Crippen molar-refractivity contribution in [3.8, 4) is 5.75 Å². The minimum atomic E-state index is -0.0356. The second kappa shape index (κ2) is 10.6. The van der Waals surface area contributed by atoms with E-state index in [4.69, 9.17) is 20.3 Å². The molecule has 2 aromatic carbocycles. The number of hydrogen-bond donors (Lipinski definition) is 2. The predicted molar refractivity (Wildman–Crippen MR) is 131 cm³/mol. The standard InChI is InChI=1S/C26H34N4O2/c1-31-25-13-12-20(9-3-2-6-14-29-15-7-8-16-29)17-23(25)30(26(27)28)19-22-18-21-10-4-5-11-24(21)32-22/h4-5,10-13,17-18H,2-3,6-9,14-16,19H2,1H3,(H3,27,28). The number of nitrogens with two attached hydrogens (primary N) is 1. The number of aryl methyl sites for hydroxylation is 1. The topological polar surface area (TPSA) is 78.7 Å². The molecule has 2 heterocycles. The molecule has 0 aliphatic carbocycles. The van der Waals surface area contributed by atoms with Gasteiger partial charge in [0.25, 0.3) is 0 Å². The van der Waals surface area contributed by atoms with E-state index in [2.05, 4.69) is 17.0 Å². The van der Waals surface area contributed by atoms with Gasteiger partial charge in [-0.25, -0.2) is 0 Å². The summed E-state index contributed by atoms with van der Waals surface area (Å²) in [6, 6.07) is 16.1. The Morgan fingerprint density at radius 1 is 1.09 bits per heavy atom. The molecule has 0 bridgehead atoms. The number of benzene rings is 2. The number of guanidine groups is 1. The molecule has 1 aliphatic heterocycles.